The van der Waals surface area contributed by atoms with Crippen LogP contribution >= 0.6 is 11.3 Å². The molecule has 1 aromatic heterocycles. The zero-order valence-corrected chi connectivity index (χ0v) is 16.3. The van der Waals surface area contributed by atoms with Crippen LogP contribution in [0.2, 0.25) is 0 Å². The number of nitrogens with one attached hydrogen (secondary N) is 1. The van der Waals surface area contributed by atoms with Gasteiger partial charge in [0.1, 0.15) is 22.9 Å². The molecule has 1 aliphatic carbocycles. The van der Waals surface area contributed by atoms with Crippen molar-refractivity contribution in [2.24, 2.45) is 0 Å². The third kappa shape index (κ3) is 3.60. The normalized spacial score (nSPS) is 18.2. The second kappa shape index (κ2) is 8.03. The molecule has 2 heterocycles. The Labute approximate surface area is 167 Å². The summed E-state index contributed by atoms with van der Waals surface area (Å²) in [5.74, 6) is 0.203. The van der Waals surface area contributed by atoms with Gasteiger partial charge in [0, 0.05) is 11.4 Å². The number of nitrogens with zero attached hydrogens (tertiary/aromatic N) is 2. The molecule has 6 nitrogen and oxygen atoms in total. The summed E-state index contributed by atoms with van der Waals surface area (Å²) in [4.78, 5) is 28.1. The van der Waals surface area contributed by atoms with Gasteiger partial charge in [-0.25, -0.2) is 4.79 Å². The van der Waals surface area contributed by atoms with E-state index in [4.69, 9.17) is 4.74 Å². The highest BCUT2D eigenvalue weighted by atomic mass is 32.1. The Morgan fingerprint density at radius 2 is 1.96 bits per heavy atom. The number of carbonyl (C=O) groups is 2. The summed E-state index contributed by atoms with van der Waals surface area (Å²) in [5.41, 5.74) is 1.67. The van der Waals surface area contributed by atoms with E-state index in [9.17, 15) is 14.9 Å². The van der Waals surface area contributed by atoms with E-state index in [1.165, 1.54) is 21.1 Å². The molecule has 1 N–H and O–H groups in total. The standard InChI is InChI=1S/C21H21N3O3S/c22-13-16-15-9-4-5-11-18(15)28-20(16)23-19(25)17-10-6-12-24(17)21(26)27-14-7-2-1-3-8-14/h1-3,7-8,17H,4-6,9-12H2,(H,23,25)/t17-/m1/s1. The number of carbonyl (C=O) groups excluding carboxylic acids is 2. The number of para-hydroxylation sites is 1. The van der Waals surface area contributed by atoms with E-state index in [-0.39, 0.29) is 5.91 Å². The highest BCUT2D eigenvalue weighted by Crippen LogP contribution is 2.38. The number of thiophene rings is 1. The van der Waals surface area contributed by atoms with Crippen LogP contribution in [0.3, 0.4) is 0 Å². The Morgan fingerprint density at radius 3 is 2.75 bits per heavy atom. The second-order valence-corrected chi connectivity index (χ2v) is 8.15. The first kappa shape index (κ1) is 18.5. The fourth-order valence-corrected chi connectivity index (χ4v) is 5.12. The Balaban J connectivity index is 1.48. The van der Waals surface area contributed by atoms with Crippen molar-refractivity contribution in [2.45, 2.75) is 44.6 Å². The molecule has 1 aromatic carbocycles. The summed E-state index contributed by atoms with van der Waals surface area (Å²) in [7, 11) is 0. The smallest absolute Gasteiger partial charge is 0.410 e. The van der Waals surface area contributed by atoms with Crippen molar-refractivity contribution < 1.29 is 14.3 Å². The summed E-state index contributed by atoms with van der Waals surface area (Å²) in [6, 6.07) is 10.5. The minimum atomic E-state index is -0.582. The Hall–Kier alpha value is -2.85. The molecule has 2 aliphatic rings. The Morgan fingerprint density at radius 1 is 1.18 bits per heavy atom. The zero-order chi connectivity index (χ0) is 19.5. The molecule has 1 saturated heterocycles. The number of amides is 2. The molecule has 0 unspecified atom stereocenters. The van der Waals surface area contributed by atoms with Crippen molar-refractivity contribution in [2.75, 3.05) is 11.9 Å². The molecule has 1 atom stereocenters. The van der Waals surface area contributed by atoms with Crippen LogP contribution in [0, 0.1) is 11.3 Å². The topological polar surface area (TPSA) is 82.4 Å². The maximum Gasteiger partial charge on any atom is 0.415 e. The van der Waals surface area contributed by atoms with E-state index < -0.39 is 12.1 Å². The van der Waals surface area contributed by atoms with Crippen molar-refractivity contribution in [1.82, 2.24) is 4.90 Å². The monoisotopic (exact) mass is 395 g/mol. The molecule has 28 heavy (non-hydrogen) atoms. The molecule has 0 bridgehead atoms. The van der Waals surface area contributed by atoms with Gasteiger partial charge in [-0.1, -0.05) is 18.2 Å². The first-order chi connectivity index (χ1) is 13.7. The lowest BCUT2D eigenvalue weighted by Gasteiger charge is -2.23. The van der Waals surface area contributed by atoms with Crippen LogP contribution < -0.4 is 10.1 Å². The van der Waals surface area contributed by atoms with Crippen molar-refractivity contribution in [3.05, 3.63) is 46.3 Å². The van der Waals surface area contributed by atoms with Gasteiger partial charge in [0.25, 0.3) is 0 Å². The molecular weight excluding hydrogens is 374 g/mol. The fourth-order valence-electron chi connectivity index (χ4n) is 3.87. The van der Waals surface area contributed by atoms with Crippen LogP contribution in [-0.4, -0.2) is 29.5 Å². The van der Waals surface area contributed by atoms with Gasteiger partial charge < -0.3 is 10.1 Å². The minimum absolute atomic E-state index is 0.252. The second-order valence-electron chi connectivity index (χ2n) is 7.05. The van der Waals surface area contributed by atoms with Crippen molar-refractivity contribution in [3.8, 4) is 11.8 Å². The van der Waals surface area contributed by atoms with Crippen LogP contribution in [0.15, 0.2) is 30.3 Å². The lowest BCUT2D eigenvalue weighted by Crippen LogP contribution is -2.44. The summed E-state index contributed by atoms with van der Waals surface area (Å²) in [6.07, 6.45) is 4.86. The number of nitriles is 1. The Bertz CT molecular complexity index is 932. The van der Waals surface area contributed by atoms with Gasteiger partial charge >= 0.3 is 6.09 Å². The number of likely N-dealkylation sites (tertiary alicyclic amines) is 1. The predicted octanol–water partition coefficient (Wildman–Crippen LogP) is 4.10. The third-order valence-electron chi connectivity index (χ3n) is 5.26. The summed E-state index contributed by atoms with van der Waals surface area (Å²) >= 11 is 1.50. The van der Waals surface area contributed by atoms with Gasteiger partial charge in [-0.2, -0.15) is 5.26 Å². The van der Waals surface area contributed by atoms with E-state index >= 15 is 0 Å². The number of anilines is 1. The number of fused-ring (bicyclic) bond motifs is 1. The van der Waals surface area contributed by atoms with E-state index in [1.807, 2.05) is 6.07 Å². The van der Waals surface area contributed by atoms with Crippen molar-refractivity contribution in [1.29, 1.82) is 5.26 Å². The molecule has 0 spiro atoms. The first-order valence-corrected chi connectivity index (χ1v) is 10.4. The highest BCUT2D eigenvalue weighted by molar-refractivity contribution is 7.16. The largest absolute Gasteiger partial charge is 0.415 e. The molecule has 2 amide bonds. The quantitative estimate of drug-likeness (QED) is 0.848. The third-order valence-corrected chi connectivity index (χ3v) is 6.47. The van der Waals surface area contributed by atoms with E-state index in [0.29, 0.717) is 29.3 Å². The van der Waals surface area contributed by atoms with Crippen LogP contribution in [0.25, 0.3) is 0 Å². The lowest BCUT2D eigenvalue weighted by molar-refractivity contribution is -0.119. The Kier molecular flexibility index (Phi) is 5.31. The van der Waals surface area contributed by atoms with Crippen LogP contribution in [0.1, 0.15) is 41.7 Å². The summed E-state index contributed by atoms with van der Waals surface area (Å²) < 4.78 is 5.40. The molecule has 4 rings (SSSR count). The molecule has 1 fully saturated rings. The van der Waals surface area contributed by atoms with E-state index in [1.54, 1.807) is 24.3 Å². The maximum atomic E-state index is 12.9. The van der Waals surface area contributed by atoms with Gasteiger partial charge in [0.2, 0.25) is 5.91 Å². The lowest BCUT2D eigenvalue weighted by atomic mass is 9.96. The minimum Gasteiger partial charge on any atom is -0.410 e. The van der Waals surface area contributed by atoms with Gasteiger partial charge in [-0.3, -0.25) is 9.69 Å². The number of hydrogen-bond donors (Lipinski definition) is 1. The fraction of sp³-hybridized carbons (Fsp3) is 0.381. The molecule has 7 heteroatoms. The zero-order valence-electron chi connectivity index (χ0n) is 15.4. The number of aryl methyl sites for hydroxylation is 1. The van der Waals surface area contributed by atoms with Gasteiger partial charge in [-0.15, -0.1) is 11.3 Å². The maximum absolute atomic E-state index is 12.9. The number of ether oxygens (including phenoxy) is 1. The summed E-state index contributed by atoms with van der Waals surface area (Å²) in [6.45, 7) is 0.482. The van der Waals surface area contributed by atoms with Crippen molar-refractivity contribution in [3.63, 3.8) is 0 Å². The molecular formula is C21H21N3O3S. The molecule has 2 aromatic rings. The SMILES string of the molecule is N#Cc1c(NC(=O)[C@H]2CCCN2C(=O)Oc2ccccc2)sc2c1CCCC2. The van der Waals surface area contributed by atoms with Crippen molar-refractivity contribution >= 4 is 28.3 Å². The molecule has 1 aliphatic heterocycles. The number of benzene rings is 1. The van der Waals surface area contributed by atoms with Crippen LogP contribution in [-0.2, 0) is 17.6 Å². The highest BCUT2D eigenvalue weighted by Gasteiger charge is 2.36. The van der Waals surface area contributed by atoms with Gasteiger partial charge in [-0.05, 0) is 56.2 Å². The summed E-state index contributed by atoms with van der Waals surface area (Å²) in [5, 5.41) is 13.1. The van der Waals surface area contributed by atoms with Crippen LogP contribution in [0.4, 0.5) is 9.80 Å². The number of hydrogen-bond acceptors (Lipinski definition) is 5. The van der Waals surface area contributed by atoms with E-state index in [2.05, 4.69) is 11.4 Å². The predicted molar refractivity (Wildman–Crippen MR) is 106 cm³/mol. The molecule has 144 valence electrons. The average molecular weight is 395 g/mol. The van der Waals surface area contributed by atoms with Gasteiger partial charge in [0.05, 0.1) is 5.56 Å². The van der Waals surface area contributed by atoms with E-state index in [0.717, 1.165) is 37.7 Å². The number of rotatable bonds is 3. The van der Waals surface area contributed by atoms with Gasteiger partial charge in [0.15, 0.2) is 0 Å². The van der Waals surface area contributed by atoms with Crippen LogP contribution in [0.5, 0.6) is 5.75 Å². The average Bonchev–Trinajstić information content (AvgIpc) is 3.33. The first-order valence-electron chi connectivity index (χ1n) is 9.56. The molecule has 0 radical (unpaired) electrons. The molecule has 0 saturated carbocycles.